The van der Waals surface area contributed by atoms with Crippen LogP contribution in [0.15, 0.2) is 10.5 Å². The van der Waals surface area contributed by atoms with Gasteiger partial charge in [0.25, 0.3) is 11.8 Å². The van der Waals surface area contributed by atoms with Gasteiger partial charge in [0.05, 0.1) is 6.54 Å². The van der Waals surface area contributed by atoms with Gasteiger partial charge >= 0.3 is 10.3 Å². The molecule has 2 heterocycles. The van der Waals surface area contributed by atoms with E-state index in [0.717, 1.165) is 18.4 Å². The Balaban J connectivity index is 2.26. The van der Waals surface area contributed by atoms with Crippen LogP contribution < -0.4 is 11.1 Å². The molecule has 2 rings (SSSR count). The fraction of sp³-hybridized carbons (Fsp3) is 0.500. The first-order valence-corrected chi connectivity index (χ1v) is 9.40. The third-order valence-corrected chi connectivity index (χ3v) is 4.74. The van der Waals surface area contributed by atoms with Gasteiger partial charge in [-0.3, -0.25) is 14.1 Å². The van der Waals surface area contributed by atoms with Crippen molar-refractivity contribution in [3.8, 4) is 0 Å². The molecule has 144 valence electrons. The highest BCUT2D eigenvalue weighted by Gasteiger charge is 2.59. The van der Waals surface area contributed by atoms with E-state index in [1.165, 1.54) is 5.38 Å². The summed E-state index contributed by atoms with van der Waals surface area (Å²) >= 11 is 1.06. The van der Waals surface area contributed by atoms with Gasteiger partial charge in [0.1, 0.15) is 11.8 Å². The summed E-state index contributed by atoms with van der Waals surface area (Å²) in [4.78, 5) is 33.6. The average molecular weight is 407 g/mol. The maximum Gasteiger partial charge on any atom is 0.362 e. The van der Waals surface area contributed by atoms with Crippen molar-refractivity contribution in [1.29, 1.82) is 0 Å². The van der Waals surface area contributed by atoms with E-state index in [0.29, 0.717) is 0 Å². The highest BCUT2D eigenvalue weighted by molar-refractivity contribution is 7.84. The molecule has 0 aromatic carbocycles. The van der Waals surface area contributed by atoms with Gasteiger partial charge in [-0.1, -0.05) is 5.16 Å². The van der Waals surface area contributed by atoms with Crippen LogP contribution in [-0.2, 0) is 29.5 Å². The fourth-order valence-electron chi connectivity index (χ4n) is 1.94. The number of ether oxygens (including phenoxy) is 1. The van der Waals surface area contributed by atoms with Crippen molar-refractivity contribution >= 4 is 44.3 Å². The second-order valence-electron chi connectivity index (χ2n) is 5.44. The SMILES string of the molecule is COC1(NC(=O)/C(=N/OC(C)C)c2csc(N)n2)CN(S(=O)(=O)O)C1=O. The van der Waals surface area contributed by atoms with Gasteiger partial charge in [-0.05, 0) is 13.8 Å². The number of oxime groups is 1. The van der Waals surface area contributed by atoms with Gasteiger partial charge < -0.3 is 20.6 Å². The summed E-state index contributed by atoms with van der Waals surface area (Å²) in [5.74, 6) is -2.06. The fourth-order valence-corrected chi connectivity index (χ4v) is 3.19. The summed E-state index contributed by atoms with van der Waals surface area (Å²) in [5.41, 5.74) is 3.42. The topological polar surface area (TPSA) is 174 Å². The molecule has 0 bridgehead atoms. The van der Waals surface area contributed by atoms with Crippen LogP contribution in [0.25, 0.3) is 0 Å². The number of nitrogen functional groups attached to an aromatic ring is 1. The summed E-state index contributed by atoms with van der Waals surface area (Å²) in [6.45, 7) is 2.76. The number of thiazole rings is 1. The Morgan fingerprint density at radius 1 is 1.58 bits per heavy atom. The van der Waals surface area contributed by atoms with E-state index >= 15 is 0 Å². The maximum absolute atomic E-state index is 12.6. The van der Waals surface area contributed by atoms with E-state index in [-0.39, 0.29) is 26.9 Å². The van der Waals surface area contributed by atoms with Gasteiger partial charge in [0.2, 0.25) is 5.72 Å². The molecular formula is C12H17N5O7S2. The molecule has 0 radical (unpaired) electrons. The average Bonchev–Trinajstić information content (AvgIpc) is 2.95. The second-order valence-corrected chi connectivity index (χ2v) is 7.67. The van der Waals surface area contributed by atoms with Crippen LogP contribution in [0.1, 0.15) is 19.5 Å². The first-order valence-electron chi connectivity index (χ1n) is 7.12. The molecule has 1 saturated heterocycles. The maximum atomic E-state index is 12.6. The molecule has 0 aliphatic carbocycles. The number of hydrogen-bond donors (Lipinski definition) is 3. The molecular weight excluding hydrogens is 390 g/mol. The molecule has 1 fully saturated rings. The van der Waals surface area contributed by atoms with Crippen LogP contribution >= 0.6 is 11.3 Å². The minimum absolute atomic E-state index is 0.107. The smallest absolute Gasteiger partial charge is 0.362 e. The number of nitrogens with zero attached hydrogens (tertiary/aromatic N) is 3. The molecule has 4 N–H and O–H groups in total. The molecule has 1 aliphatic rings. The third kappa shape index (κ3) is 3.92. The van der Waals surface area contributed by atoms with Crippen molar-refractivity contribution in [1.82, 2.24) is 14.6 Å². The minimum Gasteiger partial charge on any atom is -0.392 e. The van der Waals surface area contributed by atoms with Crippen molar-refractivity contribution in [2.24, 2.45) is 5.16 Å². The van der Waals surface area contributed by atoms with Gasteiger partial charge in [0.15, 0.2) is 10.8 Å². The number of aromatic nitrogens is 1. The molecule has 1 aliphatic heterocycles. The van der Waals surface area contributed by atoms with Gasteiger partial charge in [-0.2, -0.15) is 8.42 Å². The Morgan fingerprint density at radius 2 is 2.23 bits per heavy atom. The lowest BCUT2D eigenvalue weighted by molar-refractivity contribution is -0.179. The number of rotatable bonds is 7. The van der Waals surface area contributed by atoms with E-state index in [1.807, 2.05) is 0 Å². The van der Waals surface area contributed by atoms with Gasteiger partial charge in [0, 0.05) is 12.5 Å². The second kappa shape index (κ2) is 7.14. The zero-order valence-corrected chi connectivity index (χ0v) is 15.6. The molecule has 26 heavy (non-hydrogen) atoms. The van der Waals surface area contributed by atoms with E-state index in [1.54, 1.807) is 13.8 Å². The molecule has 14 heteroatoms. The van der Waals surface area contributed by atoms with E-state index in [9.17, 15) is 18.0 Å². The number of nitrogens with two attached hydrogens (primary N) is 1. The molecule has 1 atom stereocenters. The Kier molecular flexibility index (Phi) is 5.50. The predicted octanol–water partition coefficient (Wildman–Crippen LogP) is -1.04. The summed E-state index contributed by atoms with van der Waals surface area (Å²) in [7, 11) is -3.65. The molecule has 2 amide bonds. The Hall–Kier alpha value is -2.29. The Bertz CT molecular complexity index is 850. The lowest BCUT2D eigenvalue weighted by atomic mass is 10.1. The highest BCUT2D eigenvalue weighted by atomic mass is 32.2. The number of carbonyl (C=O) groups is 2. The normalized spacial score (nSPS) is 20.9. The molecule has 1 aromatic rings. The van der Waals surface area contributed by atoms with Crippen molar-refractivity contribution in [2.75, 3.05) is 19.4 Å². The lowest BCUT2D eigenvalue weighted by Gasteiger charge is -2.44. The van der Waals surface area contributed by atoms with Crippen LogP contribution in [0.3, 0.4) is 0 Å². The number of methoxy groups -OCH3 is 1. The molecule has 0 spiro atoms. The number of β-lactam (4-membered cyclic amide) rings is 1. The third-order valence-electron chi connectivity index (χ3n) is 3.22. The highest BCUT2D eigenvalue weighted by Crippen LogP contribution is 2.26. The summed E-state index contributed by atoms with van der Waals surface area (Å²) in [5, 5.41) is 7.62. The summed E-state index contributed by atoms with van der Waals surface area (Å²) in [6, 6.07) is 0. The van der Waals surface area contributed by atoms with Gasteiger partial charge in [-0.25, -0.2) is 9.29 Å². The van der Waals surface area contributed by atoms with Crippen molar-refractivity contribution in [3.63, 3.8) is 0 Å². The quantitative estimate of drug-likeness (QED) is 0.168. The van der Waals surface area contributed by atoms with Crippen molar-refractivity contribution in [3.05, 3.63) is 11.1 Å². The Morgan fingerprint density at radius 3 is 2.65 bits per heavy atom. The predicted molar refractivity (Wildman–Crippen MR) is 90.4 cm³/mol. The molecule has 0 saturated carbocycles. The standard InChI is InChI=1S/C12H17N5O7S2/c1-6(2)24-16-8(7-4-25-11(13)14-7)9(18)15-12(23-3)5-17(10(12)19)26(20,21)22/h4,6H,5H2,1-3H3,(H2,13,14)(H,15,18)(H,20,21,22)/b16-8+. The number of carbonyl (C=O) groups excluding carboxylic acids is 2. The van der Waals surface area contributed by atoms with E-state index in [2.05, 4.69) is 15.5 Å². The van der Waals surface area contributed by atoms with Gasteiger partial charge in [-0.15, -0.1) is 11.3 Å². The number of nitrogens with one attached hydrogen (secondary N) is 1. The lowest BCUT2D eigenvalue weighted by Crippen LogP contribution is -2.76. The van der Waals surface area contributed by atoms with Crippen molar-refractivity contribution < 1.29 is 32.1 Å². The monoisotopic (exact) mass is 407 g/mol. The number of amides is 2. The van der Waals surface area contributed by atoms with Crippen LogP contribution in [0.4, 0.5) is 5.13 Å². The summed E-state index contributed by atoms with van der Waals surface area (Å²) in [6.07, 6.45) is -0.342. The zero-order chi connectivity index (χ0) is 19.7. The zero-order valence-electron chi connectivity index (χ0n) is 14.0. The number of anilines is 1. The molecule has 12 nitrogen and oxygen atoms in total. The Labute approximate surface area is 152 Å². The minimum atomic E-state index is -4.75. The number of hydrogen-bond acceptors (Lipinski definition) is 10. The van der Waals surface area contributed by atoms with Crippen LogP contribution in [0.2, 0.25) is 0 Å². The molecule has 1 aromatic heterocycles. The summed E-state index contributed by atoms with van der Waals surface area (Å²) < 4.78 is 36.2. The van der Waals surface area contributed by atoms with E-state index < -0.39 is 34.4 Å². The van der Waals surface area contributed by atoms with Crippen LogP contribution in [-0.4, -0.2) is 65.3 Å². The van der Waals surface area contributed by atoms with E-state index in [4.69, 9.17) is 19.9 Å². The first-order chi connectivity index (χ1) is 12.0. The van der Waals surface area contributed by atoms with Crippen LogP contribution in [0, 0.1) is 0 Å². The van der Waals surface area contributed by atoms with Crippen molar-refractivity contribution in [2.45, 2.75) is 25.7 Å². The molecule has 1 unspecified atom stereocenters. The first kappa shape index (κ1) is 20.0. The largest absolute Gasteiger partial charge is 0.392 e. The van der Waals surface area contributed by atoms with Crippen LogP contribution in [0.5, 0.6) is 0 Å².